The van der Waals surface area contributed by atoms with Crippen LogP contribution >= 0.6 is 0 Å². The maximum atomic E-state index is 13.9. The zero-order valence-corrected chi connectivity index (χ0v) is 8.65. The van der Waals surface area contributed by atoms with Crippen molar-refractivity contribution < 1.29 is 13.6 Å². The van der Waals surface area contributed by atoms with E-state index in [0.29, 0.717) is 0 Å². The van der Waals surface area contributed by atoms with E-state index in [-0.39, 0.29) is 11.3 Å². The fraction of sp³-hybridized carbons (Fsp3) is 0. The SMILES string of the molecule is NC(=O)c1cc(F)cc(-c2ccccn2)c1F. The van der Waals surface area contributed by atoms with Crippen LogP contribution in [0.15, 0.2) is 36.5 Å². The Labute approximate surface area is 95.9 Å². The van der Waals surface area contributed by atoms with Gasteiger partial charge in [0.1, 0.15) is 11.6 Å². The Hall–Kier alpha value is -2.30. The standard InChI is InChI=1S/C12H8F2N2O/c13-7-5-8(10-3-1-2-4-16-10)11(14)9(6-7)12(15)17/h1-6H,(H2,15,17). The Morgan fingerprint density at radius 1 is 1.24 bits per heavy atom. The fourth-order valence-electron chi connectivity index (χ4n) is 1.48. The molecule has 0 atom stereocenters. The van der Waals surface area contributed by atoms with Crippen LogP contribution in [0.1, 0.15) is 10.4 Å². The van der Waals surface area contributed by atoms with Gasteiger partial charge >= 0.3 is 0 Å². The Kier molecular flexibility index (Phi) is 2.82. The number of amides is 1. The van der Waals surface area contributed by atoms with Crippen LogP contribution in [0, 0.1) is 11.6 Å². The molecule has 0 unspecified atom stereocenters. The Bertz CT molecular complexity index is 570. The van der Waals surface area contributed by atoms with Crippen LogP contribution in [0.4, 0.5) is 8.78 Å². The van der Waals surface area contributed by atoms with Gasteiger partial charge in [-0.25, -0.2) is 8.78 Å². The van der Waals surface area contributed by atoms with E-state index in [4.69, 9.17) is 5.73 Å². The van der Waals surface area contributed by atoms with E-state index >= 15 is 0 Å². The Morgan fingerprint density at radius 3 is 2.59 bits per heavy atom. The molecule has 0 fully saturated rings. The molecule has 2 rings (SSSR count). The van der Waals surface area contributed by atoms with Crippen molar-refractivity contribution in [2.45, 2.75) is 0 Å². The van der Waals surface area contributed by atoms with Crippen molar-refractivity contribution in [3.63, 3.8) is 0 Å². The van der Waals surface area contributed by atoms with Gasteiger partial charge in [-0.05, 0) is 24.3 Å². The van der Waals surface area contributed by atoms with E-state index in [2.05, 4.69) is 4.98 Å². The maximum Gasteiger partial charge on any atom is 0.251 e. The highest BCUT2D eigenvalue weighted by Gasteiger charge is 2.16. The van der Waals surface area contributed by atoms with Crippen LogP contribution in [0.5, 0.6) is 0 Å². The van der Waals surface area contributed by atoms with Gasteiger partial charge in [-0.15, -0.1) is 0 Å². The second-order valence-electron chi connectivity index (χ2n) is 3.39. The largest absolute Gasteiger partial charge is 0.366 e. The third-order valence-corrected chi connectivity index (χ3v) is 2.24. The lowest BCUT2D eigenvalue weighted by molar-refractivity contribution is 0.0996. The molecule has 5 heteroatoms. The number of halogens is 2. The lowest BCUT2D eigenvalue weighted by Gasteiger charge is -2.06. The summed E-state index contributed by atoms with van der Waals surface area (Å²) in [4.78, 5) is 14.8. The molecular formula is C12H8F2N2O. The third kappa shape index (κ3) is 2.13. The number of nitrogens with two attached hydrogens (primary N) is 1. The molecule has 86 valence electrons. The van der Waals surface area contributed by atoms with Crippen molar-refractivity contribution in [1.29, 1.82) is 0 Å². The molecule has 2 aromatic rings. The van der Waals surface area contributed by atoms with Crippen LogP contribution in [0.3, 0.4) is 0 Å². The molecule has 0 saturated heterocycles. The molecule has 1 heterocycles. The molecule has 1 aromatic carbocycles. The number of nitrogens with zero attached hydrogens (tertiary/aromatic N) is 1. The Balaban J connectivity index is 2.67. The average Bonchev–Trinajstić information content (AvgIpc) is 2.32. The summed E-state index contributed by atoms with van der Waals surface area (Å²) in [5.74, 6) is -2.61. The molecule has 1 aromatic heterocycles. The van der Waals surface area contributed by atoms with Crippen molar-refractivity contribution in [2.24, 2.45) is 5.73 Å². The Morgan fingerprint density at radius 2 is 2.00 bits per heavy atom. The summed E-state index contributed by atoms with van der Waals surface area (Å²) < 4.78 is 27.1. The van der Waals surface area contributed by atoms with Gasteiger partial charge in [0.15, 0.2) is 0 Å². The molecule has 0 spiro atoms. The molecule has 0 saturated carbocycles. The summed E-state index contributed by atoms with van der Waals surface area (Å²) in [7, 11) is 0. The maximum absolute atomic E-state index is 13.9. The first-order valence-corrected chi connectivity index (χ1v) is 4.80. The lowest BCUT2D eigenvalue weighted by atomic mass is 10.1. The molecule has 0 aliphatic heterocycles. The number of carbonyl (C=O) groups is 1. The molecule has 17 heavy (non-hydrogen) atoms. The van der Waals surface area contributed by atoms with E-state index in [1.54, 1.807) is 12.1 Å². The van der Waals surface area contributed by atoms with Gasteiger partial charge in [0.2, 0.25) is 0 Å². The molecule has 0 bridgehead atoms. The van der Waals surface area contributed by atoms with Crippen LogP contribution in [0.25, 0.3) is 11.3 Å². The van der Waals surface area contributed by atoms with E-state index in [1.165, 1.54) is 12.3 Å². The average molecular weight is 234 g/mol. The summed E-state index contributed by atoms with van der Waals surface area (Å²) >= 11 is 0. The van der Waals surface area contributed by atoms with Crippen LogP contribution in [-0.4, -0.2) is 10.9 Å². The van der Waals surface area contributed by atoms with Gasteiger partial charge in [0.05, 0.1) is 11.3 Å². The number of hydrogen-bond donors (Lipinski definition) is 1. The van der Waals surface area contributed by atoms with Crippen molar-refractivity contribution in [2.75, 3.05) is 0 Å². The van der Waals surface area contributed by atoms with E-state index in [1.807, 2.05) is 0 Å². The zero-order valence-electron chi connectivity index (χ0n) is 8.65. The molecule has 0 radical (unpaired) electrons. The van der Waals surface area contributed by atoms with Crippen molar-refractivity contribution in [3.05, 3.63) is 53.7 Å². The van der Waals surface area contributed by atoms with Gasteiger partial charge in [0, 0.05) is 11.8 Å². The van der Waals surface area contributed by atoms with Crippen molar-refractivity contribution in [3.8, 4) is 11.3 Å². The van der Waals surface area contributed by atoms with E-state index in [0.717, 1.165) is 12.1 Å². The topological polar surface area (TPSA) is 56.0 Å². The number of benzene rings is 1. The molecule has 3 nitrogen and oxygen atoms in total. The summed E-state index contributed by atoms with van der Waals surface area (Å²) in [5, 5.41) is 0. The van der Waals surface area contributed by atoms with Gasteiger partial charge in [0.25, 0.3) is 5.91 Å². The minimum Gasteiger partial charge on any atom is -0.366 e. The number of pyridine rings is 1. The summed E-state index contributed by atoms with van der Waals surface area (Å²) in [5.41, 5.74) is 4.64. The first-order valence-electron chi connectivity index (χ1n) is 4.80. The third-order valence-electron chi connectivity index (χ3n) is 2.24. The smallest absolute Gasteiger partial charge is 0.251 e. The molecule has 0 aliphatic rings. The predicted octanol–water partition coefficient (Wildman–Crippen LogP) is 2.13. The highest BCUT2D eigenvalue weighted by molar-refractivity contribution is 5.94. The van der Waals surface area contributed by atoms with Gasteiger partial charge < -0.3 is 5.73 Å². The first-order chi connectivity index (χ1) is 8.09. The summed E-state index contributed by atoms with van der Waals surface area (Å²) in [6.07, 6.45) is 1.45. The highest BCUT2D eigenvalue weighted by Crippen LogP contribution is 2.24. The number of primary amides is 1. The minimum absolute atomic E-state index is 0.0839. The first kappa shape index (κ1) is 11.2. The van der Waals surface area contributed by atoms with Crippen LogP contribution < -0.4 is 5.73 Å². The number of hydrogen-bond acceptors (Lipinski definition) is 2. The minimum atomic E-state index is -1.01. The molecular weight excluding hydrogens is 226 g/mol. The summed E-state index contributed by atoms with van der Waals surface area (Å²) in [6.45, 7) is 0. The number of rotatable bonds is 2. The molecule has 1 amide bonds. The van der Waals surface area contributed by atoms with Gasteiger partial charge in [-0.2, -0.15) is 0 Å². The summed E-state index contributed by atoms with van der Waals surface area (Å²) in [6, 6.07) is 6.54. The highest BCUT2D eigenvalue weighted by atomic mass is 19.1. The molecule has 0 aliphatic carbocycles. The second-order valence-corrected chi connectivity index (χ2v) is 3.39. The zero-order chi connectivity index (χ0) is 12.4. The van der Waals surface area contributed by atoms with Crippen molar-refractivity contribution in [1.82, 2.24) is 4.98 Å². The number of carbonyl (C=O) groups excluding carboxylic acids is 1. The van der Waals surface area contributed by atoms with Crippen molar-refractivity contribution >= 4 is 5.91 Å². The van der Waals surface area contributed by atoms with Gasteiger partial charge in [-0.1, -0.05) is 6.07 Å². The van der Waals surface area contributed by atoms with Crippen LogP contribution in [-0.2, 0) is 0 Å². The van der Waals surface area contributed by atoms with Gasteiger partial charge in [-0.3, -0.25) is 9.78 Å². The lowest BCUT2D eigenvalue weighted by Crippen LogP contribution is -2.14. The molecule has 2 N–H and O–H groups in total. The monoisotopic (exact) mass is 234 g/mol. The van der Waals surface area contributed by atoms with Crippen LogP contribution in [0.2, 0.25) is 0 Å². The normalized spacial score (nSPS) is 10.2. The predicted molar refractivity (Wildman–Crippen MR) is 58.1 cm³/mol. The number of aromatic nitrogens is 1. The fourth-order valence-corrected chi connectivity index (χ4v) is 1.48. The quantitative estimate of drug-likeness (QED) is 0.865. The van der Waals surface area contributed by atoms with E-state index in [9.17, 15) is 13.6 Å². The second kappa shape index (κ2) is 4.29. The van der Waals surface area contributed by atoms with E-state index < -0.39 is 23.1 Å².